The molecule has 1 saturated heterocycles. The first kappa shape index (κ1) is 14.4. The topological polar surface area (TPSA) is 93.5 Å². The molecule has 1 aromatic rings. The summed E-state index contributed by atoms with van der Waals surface area (Å²) < 4.78 is 5.19. The van der Waals surface area contributed by atoms with Gasteiger partial charge in [0.25, 0.3) is 5.69 Å². The largest absolute Gasteiger partial charge is 0.380 e. The van der Waals surface area contributed by atoms with Crippen molar-refractivity contribution in [3.05, 3.63) is 33.9 Å². The van der Waals surface area contributed by atoms with E-state index in [2.05, 4.69) is 10.6 Å². The van der Waals surface area contributed by atoms with E-state index in [9.17, 15) is 14.9 Å². The number of hydrogen-bond donors (Lipinski definition) is 2. The standard InChI is InChI=1S/C13H17N3O4/c1-8-5-9(16(18)19)3-4-11(8)15-13(17)12-6-10(20-2)7-14-12/h3-5,10,12,14H,6-7H2,1-2H3,(H,15,17). The lowest BCUT2D eigenvalue weighted by molar-refractivity contribution is -0.384. The molecule has 1 aliphatic rings. The van der Waals surface area contributed by atoms with E-state index in [4.69, 9.17) is 4.74 Å². The maximum Gasteiger partial charge on any atom is 0.269 e. The van der Waals surface area contributed by atoms with Crippen molar-refractivity contribution in [2.75, 3.05) is 19.0 Å². The smallest absolute Gasteiger partial charge is 0.269 e. The summed E-state index contributed by atoms with van der Waals surface area (Å²) in [5.74, 6) is -0.151. The monoisotopic (exact) mass is 279 g/mol. The van der Waals surface area contributed by atoms with Gasteiger partial charge in [0.15, 0.2) is 0 Å². The molecule has 0 spiro atoms. The molecule has 108 valence electrons. The molecular formula is C13H17N3O4. The second-order valence-corrected chi connectivity index (χ2v) is 4.80. The molecule has 1 amide bonds. The number of anilines is 1. The molecule has 1 aromatic carbocycles. The number of hydrogen-bond acceptors (Lipinski definition) is 5. The maximum absolute atomic E-state index is 12.1. The third-order valence-electron chi connectivity index (χ3n) is 3.42. The minimum atomic E-state index is -0.458. The van der Waals surface area contributed by atoms with Crippen molar-refractivity contribution in [3.8, 4) is 0 Å². The maximum atomic E-state index is 12.1. The van der Waals surface area contributed by atoms with Gasteiger partial charge in [0, 0.05) is 31.5 Å². The molecule has 1 fully saturated rings. The minimum absolute atomic E-state index is 0.0129. The lowest BCUT2D eigenvalue weighted by Gasteiger charge is -2.13. The average molecular weight is 279 g/mol. The zero-order chi connectivity index (χ0) is 14.7. The van der Waals surface area contributed by atoms with Crippen LogP contribution in [0.5, 0.6) is 0 Å². The highest BCUT2D eigenvalue weighted by Gasteiger charge is 2.29. The van der Waals surface area contributed by atoms with Crippen LogP contribution in [0.1, 0.15) is 12.0 Å². The molecule has 20 heavy (non-hydrogen) atoms. The Morgan fingerprint density at radius 1 is 1.55 bits per heavy atom. The fraction of sp³-hybridized carbons (Fsp3) is 0.462. The molecule has 0 saturated carbocycles. The summed E-state index contributed by atoms with van der Waals surface area (Å²) in [5, 5.41) is 16.5. The highest BCUT2D eigenvalue weighted by Crippen LogP contribution is 2.22. The quantitative estimate of drug-likeness (QED) is 0.638. The summed E-state index contributed by atoms with van der Waals surface area (Å²) in [6.07, 6.45) is 0.665. The van der Waals surface area contributed by atoms with Crippen molar-refractivity contribution >= 4 is 17.3 Å². The summed E-state index contributed by atoms with van der Waals surface area (Å²) in [6.45, 7) is 2.37. The highest BCUT2D eigenvalue weighted by molar-refractivity contribution is 5.95. The van der Waals surface area contributed by atoms with Gasteiger partial charge < -0.3 is 15.4 Å². The molecule has 7 heteroatoms. The lowest BCUT2D eigenvalue weighted by atomic mass is 10.1. The Bertz CT molecular complexity index is 532. The second kappa shape index (κ2) is 5.98. The highest BCUT2D eigenvalue weighted by atomic mass is 16.6. The SMILES string of the molecule is COC1CNC(C(=O)Nc2ccc([N+](=O)[O-])cc2C)C1. The Labute approximate surface area is 116 Å². The summed E-state index contributed by atoms with van der Waals surface area (Å²) in [4.78, 5) is 22.3. The van der Waals surface area contributed by atoms with E-state index >= 15 is 0 Å². The number of nitro benzene ring substituents is 1. The molecule has 2 rings (SSSR count). The van der Waals surface area contributed by atoms with Gasteiger partial charge in [-0.25, -0.2) is 0 Å². The van der Waals surface area contributed by atoms with Crippen LogP contribution in [0.4, 0.5) is 11.4 Å². The molecule has 0 bridgehead atoms. The van der Waals surface area contributed by atoms with Gasteiger partial charge in [-0.2, -0.15) is 0 Å². The normalized spacial score (nSPS) is 21.7. The van der Waals surface area contributed by atoms with E-state index in [1.165, 1.54) is 12.1 Å². The van der Waals surface area contributed by atoms with Crippen molar-refractivity contribution in [1.29, 1.82) is 0 Å². The van der Waals surface area contributed by atoms with Crippen LogP contribution in [-0.4, -0.2) is 36.6 Å². The van der Waals surface area contributed by atoms with Gasteiger partial charge in [0.05, 0.1) is 17.1 Å². The number of carbonyl (C=O) groups is 1. The van der Waals surface area contributed by atoms with Gasteiger partial charge in [0.1, 0.15) is 0 Å². The first-order chi connectivity index (χ1) is 9.51. The number of non-ortho nitro benzene ring substituents is 1. The van der Waals surface area contributed by atoms with Crippen LogP contribution >= 0.6 is 0 Å². The Balaban J connectivity index is 2.03. The van der Waals surface area contributed by atoms with Gasteiger partial charge in [-0.05, 0) is 25.0 Å². The number of rotatable bonds is 4. The van der Waals surface area contributed by atoms with Gasteiger partial charge in [-0.15, -0.1) is 0 Å². The molecule has 1 aliphatic heterocycles. The molecule has 1 heterocycles. The fourth-order valence-corrected chi connectivity index (χ4v) is 2.20. The number of nitrogens with zero attached hydrogens (tertiary/aromatic N) is 1. The van der Waals surface area contributed by atoms with E-state index in [-0.39, 0.29) is 23.7 Å². The second-order valence-electron chi connectivity index (χ2n) is 4.80. The number of methoxy groups -OCH3 is 1. The lowest BCUT2D eigenvalue weighted by Crippen LogP contribution is -2.35. The molecule has 2 atom stereocenters. The van der Waals surface area contributed by atoms with Crippen molar-refractivity contribution in [3.63, 3.8) is 0 Å². The average Bonchev–Trinajstić information content (AvgIpc) is 2.89. The van der Waals surface area contributed by atoms with Crippen molar-refractivity contribution < 1.29 is 14.5 Å². The van der Waals surface area contributed by atoms with E-state index < -0.39 is 4.92 Å². The number of aryl methyl sites for hydroxylation is 1. The minimum Gasteiger partial charge on any atom is -0.380 e. The predicted molar refractivity (Wildman–Crippen MR) is 73.7 cm³/mol. The molecule has 0 radical (unpaired) electrons. The molecule has 0 aliphatic carbocycles. The van der Waals surface area contributed by atoms with E-state index in [0.717, 1.165) is 0 Å². The van der Waals surface area contributed by atoms with Crippen molar-refractivity contribution in [1.82, 2.24) is 5.32 Å². The summed E-state index contributed by atoms with van der Waals surface area (Å²) >= 11 is 0. The predicted octanol–water partition coefficient (Wildman–Crippen LogP) is 1.22. The van der Waals surface area contributed by atoms with Gasteiger partial charge in [0.2, 0.25) is 5.91 Å². The summed E-state index contributed by atoms with van der Waals surface area (Å²) in [6, 6.07) is 4.07. The Morgan fingerprint density at radius 3 is 2.85 bits per heavy atom. The van der Waals surface area contributed by atoms with Crippen LogP contribution in [0.15, 0.2) is 18.2 Å². The third kappa shape index (κ3) is 3.12. The summed E-state index contributed by atoms with van der Waals surface area (Å²) in [5.41, 5.74) is 1.26. The Hall–Kier alpha value is -1.99. The summed E-state index contributed by atoms with van der Waals surface area (Å²) in [7, 11) is 1.62. The van der Waals surface area contributed by atoms with Crippen LogP contribution in [0.2, 0.25) is 0 Å². The zero-order valence-corrected chi connectivity index (χ0v) is 11.4. The van der Waals surface area contributed by atoms with E-state index in [1.54, 1.807) is 20.1 Å². The number of carbonyl (C=O) groups excluding carboxylic acids is 1. The number of amides is 1. The van der Waals surface area contributed by atoms with Crippen LogP contribution in [0, 0.1) is 17.0 Å². The molecule has 2 N–H and O–H groups in total. The third-order valence-corrected chi connectivity index (χ3v) is 3.42. The Kier molecular flexibility index (Phi) is 4.31. The molecule has 7 nitrogen and oxygen atoms in total. The fourth-order valence-electron chi connectivity index (χ4n) is 2.20. The van der Waals surface area contributed by atoms with Crippen LogP contribution in [-0.2, 0) is 9.53 Å². The number of nitrogens with one attached hydrogen (secondary N) is 2. The van der Waals surface area contributed by atoms with Crippen molar-refractivity contribution in [2.45, 2.75) is 25.5 Å². The molecular weight excluding hydrogens is 262 g/mol. The van der Waals surface area contributed by atoms with Crippen LogP contribution in [0.25, 0.3) is 0 Å². The first-order valence-corrected chi connectivity index (χ1v) is 6.33. The molecule has 0 aromatic heterocycles. The van der Waals surface area contributed by atoms with Crippen LogP contribution in [0.3, 0.4) is 0 Å². The van der Waals surface area contributed by atoms with Gasteiger partial charge >= 0.3 is 0 Å². The first-order valence-electron chi connectivity index (χ1n) is 6.33. The number of benzene rings is 1. The van der Waals surface area contributed by atoms with Gasteiger partial charge in [-0.3, -0.25) is 14.9 Å². The zero-order valence-electron chi connectivity index (χ0n) is 11.4. The Morgan fingerprint density at radius 2 is 2.30 bits per heavy atom. The van der Waals surface area contributed by atoms with E-state index in [1.807, 2.05) is 0 Å². The number of nitro groups is 1. The number of ether oxygens (including phenoxy) is 1. The van der Waals surface area contributed by atoms with E-state index in [0.29, 0.717) is 24.2 Å². The van der Waals surface area contributed by atoms with Gasteiger partial charge in [-0.1, -0.05) is 0 Å². The molecule has 2 unspecified atom stereocenters. The van der Waals surface area contributed by atoms with Crippen molar-refractivity contribution in [2.24, 2.45) is 0 Å². The van der Waals surface area contributed by atoms with Crippen LogP contribution < -0.4 is 10.6 Å².